The molecule has 0 unspecified atom stereocenters. The van der Waals surface area contributed by atoms with Crippen LogP contribution in [0.25, 0.3) is 0 Å². The molecule has 0 atom stereocenters. The second kappa shape index (κ2) is 8.77. The summed E-state index contributed by atoms with van der Waals surface area (Å²) in [5.41, 5.74) is 0. The van der Waals surface area contributed by atoms with Crippen LogP contribution in [0, 0.1) is 5.92 Å². The predicted octanol–water partition coefficient (Wildman–Crippen LogP) is -0.513. The zero-order valence-corrected chi connectivity index (χ0v) is 15.7. The van der Waals surface area contributed by atoms with E-state index >= 15 is 0 Å². The Labute approximate surface area is 150 Å². The Morgan fingerprint density at radius 1 is 0.960 bits per heavy atom. The minimum atomic E-state index is -3.42. The van der Waals surface area contributed by atoms with E-state index in [0.29, 0.717) is 64.8 Å². The van der Waals surface area contributed by atoms with Crippen LogP contribution in [0.15, 0.2) is 0 Å². The van der Waals surface area contributed by atoms with Gasteiger partial charge >= 0.3 is 0 Å². The number of hydrogen-bond acceptors (Lipinski definition) is 5. The molecule has 0 saturated carbocycles. The van der Waals surface area contributed by atoms with E-state index in [1.807, 2.05) is 4.90 Å². The number of piperidine rings is 1. The molecule has 3 aliphatic heterocycles. The number of nitrogens with zero attached hydrogens (tertiary/aromatic N) is 3. The summed E-state index contributed by atoms with van der Waals surface area (Å²) in [4.78, 5) is 14.2. The second-order valence-electron chi connectivity index (χ2n) is 7.03. The minimum absolute atomic E-state index is 0.168. The van der Waals surface area contributed by atoms with Gasteiger partial charge in [-0.15, -0.1) is 0 Å². The lowest BCUT2D eigenvalue weighted by Crippen LogP contribution is -2.55. The Hall–Kier alpha value is -0.740. The van der Waals surface area contributed by atoms with Gasteiger partial charge in [-0.25, -0.2) is 0 Å². The van der Waals surface area contributed by atoms with Crippen molar-refractivity contribution in [2.24, 2.45) is 5.92 Å². The molecule has 3 heterocycles. The Morgan fingerprint density at radius 3 is 2.20 bits per heavy atom. The topological polar surface area (TPSA) is 82.2 Å². The molecule has 8 nitrogen and oxygen atoms in total. The number of carbonyl (C=O) groups is 1. The van der Waals surface area contributed by atoms with Crippen LogP contribution in [-0.4, -0.2) is 93.4 Å². The van der Waals surface area contributed by atoms with E-state index in [4.69, 9.17) is 4.74 Å². The van der Waals surface area contributed by atoms with Gasteiger partial charge in [-0.05, 0) is 38.3 Å². The van der Waals surface area contributed by atoms with E-state index < -0.39 is 10.2 Å². The third-order valence-electron chi connectivity index (χ3n) is 5.44. The summed E-state index contributed by atoms with van der Waals surface area (Å²) in [6.07, 6.45) is 3.84. The number of carbonyl (C=O) groups excluding carboxylic acids is 1. The lowest BCUT2D eigenvalue weighted by atomic mass is 9.93. The lowest BCUT2D eigenvalue weighted by molar-refractivity contribution is -0.132. The molecule has 144 valence electrons. The molecule has 9 heteroatoms. The minimum Gasteiger partial charge on any atom is -0.379 e. The fourth-order valence-corrected chi connectivity index (χ4v) is 5.33. The van der Waals surface area contributed by atoms with Crippen molar-refractivity contribution < 1.29 is 17.9 Å². The Balaban J connectivity index is 1.43. The van der Waals surface area contributed by atoms with Gasteiger partial charge < -0.3 is 15.0 Å². The predicted molar refractivity (Wildman–Crippen MR) is 94.3 cm³/mol. The standard InChI is InChI=1S/C16H30N4O4S/c21-16(2-1-15-3-5-17-6-4-15)18-7-9-19(10-8-18)25(22,23)20-11-13-24-14-12-20/h15,17H,1-14H2. The zero-order chi connectivity index (χ0) is 17.7. The molecule has 0 aromatic heterocycles. The second-order valence-corrected chi connectivity index (χ2v) is 8.96. The van der Waals surface area contributed by atoms with Gasteiger partial charge in [0.25, 0.3) is 10.2 Å². The molecule has 25 heavy (non-hydrogen) atoms. The number of morpholine rings is 1. The van der Waals surface area contributed by atoms with Gasteiger partial charge in [-0.1, -0.05) is 0 Å². The van der Waals surface area contributed by atoms with Crippen LogP contribution in [-0.2, 0) is 19.7 Å². The molecule has 1 N–H and O–H groups in total. The zero-order valence-electron chi connectivity index (χ0n) is 14.9. The molecular formula is C16H30N4O4S. The first-order valence-corrected chi connectivity index (χ1v) is 10.8. The first-order chi connectivity index (χ1) is 12.1. The van der Waals surface area contributed by atoms with Gasteiger partial charge in [0.05, 0.1) is 13.2 Å². The molecule has 3 fully saturated rings. The van der Waals surface area contributed by atoms with Gasteiger partial charge in [-0.3, -0.25) is 4.79 Å². The van der Waals surface area contributed by atoms with Gasteiger partial charge in [0.1, 0.15) is 0 Å². The van der Waals surface area contributed by atoms with Crippen molar-refractivity contribution in [3.63, 3.8) is 0 Å². The molecule has 3 saturated heterocycles. The number of amides is 1. The number of rotatable bonds is 5. The Kier molecular flexibility index (Phi) is 6.67. The van der Waals surface area contributed by atoms with Crippen molar-refractivity contribution in [1.29, 1.82) is 0 Å². The van der Waals surface area contributed by atoms with Gasteiger partial charge in [0.2, 0.25) is 5.91 Å². The van der Waals surface area contributed by atoms with Gasteiger partial charge in [-0.2, -0.15) is 17.0 Å². The number of hydrogen-bond donors (Lipinski definition) is 1. The fraction of sp³-hybridized carbons (Fsp3) is 0.938. The molecule has 0 aliphatic carbocycles. The van der Waals surface area contributed by atoms with Crippen LogP contribution < -0.4 is 5.32 Å². The van der Waals surface area contributed by atoms with Crippen LogP contribution in [0.1, 0.15) is 25.7 Å². The Morgan fingerprint density at radius 2 is 1.56 bits per heavy atom. The molecule has 1 amide bonds. The highest BCUT2D eigenvalue weighted by molar-refractivity contribution is 7.86. The number of ether oxygens (including phenoxy) is 1. The summed E-state index contributed by atoms with van der Waals surface area (Å²) < 4.78 is 33.5. The summed E-state index contributed by atoms with van der Waals surface area (Å²) in [5, 5.41) is 3.34. The number of piperazine rings is 1. The SMILES string of the molecule is O=C(CCC1CCNCC1)N1CCN(S(=O)(=O)N2CCOCC2)CC1. The van der Waals surface area contributed by atoms with Crippen molar-refractivity contribution in [3.8, 4) is 0 Å². The molecule has 0 bridgehead atoms. The van der Waals surface area contributed by atoms with E-state index in [-0.39, 0.29) is 5.91 Å². The average molecular weight is 375 g/mol. The van der Waals surface area contributed by atoms with Crippen molar-refractivity contribution >= 4 is 16.1 Å². The van der Waals surface area contributed by atoms with Crippen LogP contribution in [0.2, 0.25) is 0 Å². The van der Waals surface area contributed by atoms with Crippen molar-refractivity contribution in [1.82, 2.24) is 18.8 Å². The van der Waals surface area contributed by atoms with Crippen LogP contribution in [0.5, 0.6) is 0 Å². The molecule has 0 aromatic rings. The van der Waals surface area contributed by atoms with Crippen LogP contribution in [0.3, 0.4) is 0 Å². The van der Waals surface area contributed by atoms with Crippen molar-refractivity contribution in [3.05, 3.63) is 0 Å². The maximum absolute atomic E-state index is 12.6. The summed E-state index contributed by atoms with van der Waals surface area (Å²) in [5.74, 6) is 0.815. The molecule has 0 spiro atoms. The first-order valence-electron chi connectivity index (χ1n) is 9.39. The van der Waals surface area contributed by atoms with E-state index in [9.17, 15) is 13.2 Å². The third kappa shape index (κ3) is 4.91. The van der Waals surface area contributed by atoms with Crippen molar-refractivity contribution in [2.75, 3.05) is 65.6 Å². The molecule has 0 radical (unpaired) electrons. The van der Waals surface area contributed by atoms with Gasteiger partial charge in [0, 0.05) is 45.7 Å². The molecule has 3 aliphatic rings. The highest BCUT2D eigenvalue weighted by Crippen LogP contribution is 2.19. The average Bonchev–Trinajstić information content (AvgIpc) is 2.68. The van der Waals surface area contributed by atoms with E-state index in [2.05, 4.69) is 5.32 Å². The number of nitrogens with one attached hydrogen (secondary N) is 1. The monoisotopic (exact) mass is 374 g/mol. The third-order valence-corrected chi connectivity index (χ3v) is 7.47. The lowest BCUT2D eigenvalue weighted by Gasteiger charge is -2.37. The first kappa shape index (κ1) is 19.0. The maximum atomic E-state index is 12.6. The molecule has 0 aromatic carbocycles. The largest absolute Gasteiger partial charge is 0.379 e. The van der Waals surface area contributed by atoms with E-state index in [1.54, 1.807) is 0 Å². The van der Waals surface area contributed by atoms with Crippen molar-refractivity contribution in [2.45, 2.75) is 25.7 Å². The van der Waals surface area contributed by atoms with Crippen LogP contribution in [0.4, 0.5) is 0 Å². The molecular weight excluding hydrogens is 344 g/mol. The van der Waals surface area contributed by atoms with Gasteiger partial charge in [0.15, 0.2) is 0 Å². The van der Waals surface area contributed by atoms with E-state index in [1.165, 1.54) is 8.61 Å². The normalized spacial score (nSPS) is 25.2. The fourth-order valence-electron chi connectivity index (χ4n) is 3.76. The van der Waals surface area contributed by atoms with Crippen LogP contribution >= 0.6 is 0 Å². The smallest absolute Gasteiger partial charge is 0.282 e. The summed E-state index contributed by atoms with van der Waals surface area (Å²) >= 11 is 0. The molecule has 3 rings (SSSR count). The summed E-state index contributed by atoms with van der Waals surface area (Å²) in [7, 11) is -3.42. The highest BCUT2D eigenvalue weighted by atomic mass is 32.2. The Bertz CT molecular complexity index is 536. The highest BCUT2D eigenvalue weighted by Gasteiger charge is 2.34. The van der Waals surface area contributed by atoms with E-state index in [0.717, 1.165) is 32.4 Å². The summed E-state index contributed by atoms with van der Waals surface area (Å²) in [6, 6.07) is 0. The maximum Gasteiger partial charge on any atom is 0.282 e. The summed E-state index contributed by atoms with van der Waals surface area (Å²) in [6.45, 7) is 5.60. The quantitative estimate of drug-likeness (QED) is 0.701.